The van der Waals surface area contributed by atoms with Gasteiger partial charge in [0.2, 0.25) is 0 Å². The fourth-order valence-corrected chi connectivity index (χ4v) is 7.00. The van der Waals surface area contributed by atoms with Gasteiger partial charge in [-0.3, -0.25) is 4.79 Å². The Labute approximate surface area is 133 Å². The topological polar surface area (TPSA) is 57.5 Å². The summed E-state index contributed by atoms with van der Waals surface area (Å²) in [6, 6.07) is 0. The molecule has 0 heterocycles. The van der Waals surface area contributed by atoms with Crippen LogP contribution in [0.25, 0.3) is 0 Å². The lowest BCUT2D eigenvalue weighted by atomic mass is 9.45. The standard InChI is InChI=1S/C19H30O3/c1-17-9-10-19(21,22)11-12(17)3-4-13-14-5-6-16(20)18(14,2)8-7-15(13)17/h12-15,21-22H,3-11H2,1-2H3/t12-,13-,14-,15-,17-,18-/m0/s1. The van der Waals surface area contributed by atoms with Crippen molar-refractivity contribution in [1.82, 2.24) is 0 Å². The van der Waals surface area contributed by atoms with E-state index in [4.69, 9.17) is 0 Å². The average molecular weight is 306 g/mol. The van der Waals surface area contributed by atoms with Gasteiger partial charge in [-0.2, -0.15) is 0 Å². The minimum atomic E-state index is -1.44. The Hall–Kier alpha value is -0.410. The number of hydrogen-bond acceptors (Lipinski definition) is 3. The number of Topliss-reactive ketones (excluding diaryl/α,β-unsaturated/α-hetero) is 1. The lowest BCUT2D eigenvalue weighted by molar-refractivity contribution is -0.232. The molecular weight excluding hydrogens is 276 g/mol. The lowest BCUT2D eigenvalue weighted by Crippen LogP contribution is -2.55. The first-order valence-electron chi connectivity index (χ1n) is 9.24. The molecule has 3 heteroatoms. The molecule has 124 valence electrons. The SMILES string of the molecule is C[C@]12CCC(O)(O)C[C@@H]1CC[C@@H]1[C@@H]2CC[C@]2(C)C(=O)CC[C@@H]12. The van der Waals surface area contributed by atoms with E-state index >= 15 is 0 Å². The Kier molecular flexibility index (Phi) is 3.14. The summed E-state index contributed by atoms with van der Waals surface area (Å²) in [6.07, 6.45) is 8.42. The second kappa shape index (κ2) is 4.57. The molecule has 0 radical (unpaired) electrons. The highest BCUT2D eigenvalue weighted by atomic mass is 16.5. The van der Waals surface area contributed by atoms with E-state index in [0.717, 1.165) is 32.1 Å². The van der Waals surface area contributed by atoms with Crippen LogP contribution in [0.3, 0.4) is 0 Å². The molecule has 0 saturated heterocycles. The molecule has 0 aromatic heterocycles. The first kappa shape index (κ1) is 15.1. The highest BCUT2D eigenvalue weighted by Crippen LogP contribution is 2.65. The number of aliphatic hydroxyl groups is 2. The zero-order valence-corrected chi connectivity index (χ0v) is 14.0. The lowest BCUT2D eigenvalue weighted by Gasteiger charge is -2.60. The Balaban J connectivity index is 1.63. The van der Waals surface area contributed by atoms with Gasteiger partial charge in [0.25, 0.3) is 0 Å². The predicted octanol–water partition coefficient (Wildman–Crippen LogP) is 3.28. The Bertz CT molecular complexity index is 499. The van der Waals surface area contributed by atoms with Gasteiger partial charge in [-0.1, -0.05) is 13.8 Å². The Morgan fingerprint density at radius 1 is 0.955 bits per heavy atom. The predicted molar refractivity (Wildman–Crippen MR) is 83.9 cm³/mol. The number of rotatable bonds is 0. The molecule has 0 unspecified atom stereocenters. The van der Waals surface area contributed by atoms with E-state index in [-0.39, 0.29) is 10.8 Å². The third kappa shape index (κ3) is 1.91. The number of ketones is 1. The van der Waals surface area contributed by atoms with Crippen molar-refractivity contribution in [3.05, 3.63) is 0 Å². The van der Waals surface area contributed by atoms with Crippen molar-refractivity contribution in [2.75, 3.05) is 0 Å². The molecule has 4 rings (SSSR count). The molecule has 3 nitrogen and oxygen atoms in total. The van der Waals surface area contributed by atoms with Gasteiger partial charge in [-0.15, -0.1) is 0 Å². The molecule has 0 aromatic rings. The van der Waals surface area contributed by atoms with E-state index in [1.54, 1.807) is 0 Å². The Morgan fingerprint density at radius 3 is 2.50 bits per heavy atom. The monoisotopic (exact) mass is 306 g/mol. The van der Waals surface area contributed by atoms with Crippen LogP contribution in [0.4, 0.5) is 0 Å². The summed E-state index contributed by atoms with van der Waals surface area (Å²) in [5.74, 6) is 1.48. The van der Waals surface area contributed by atoms with E-state index in [1.165, 1.54) is 12.8 Å². The zero-order valence-electron chi connectivity index (χ0n) is 14.0. The normalized spacial score (nSPS) is 53.5. The van der Waals surface area contributed by atoms with Crippen LogP contribution in [-0.2, 0) is 4.79 Å². The minimum Gasteiger partial charge on any atom is -0.366 e. The summed E-state index contributed by atoms with van der Waals surface area (Å²) in [5, 5.41) is 20.1. The molecule has 2 N–H and O–H groups in total. The molecule has 6 atom stereocenters. The molecule has 0 aliphatic heterocycles. The minimum absolute atomic E-state index is 0.0449. The van der Waals surface area contributed by atoms with Crippen LogP contribution in [0.2, 0.25) is 0 Å². The molecule has 4 saturated carbocycles. The van der Waals surface area contributed by atoms with Crippen molar-refractivity contribution < 1.29 is 15.0 Å². The van der Waals surface area contributed by atoms with Gasteiger partial charge in [0.05, 0.1) is 0 Å². The average Bonchev–Trinajstić information content (AvgIpc) is 2.76. The van der Waals surface area contributed by atoms with Gasteiger partial charge in [0.15, 0.2) is 5.79 Å². The summed E-state index contributed by atoms with van der Waals surface area (Å²) in [6.45, 7) is 4.63. The van der Waals surface area contributed by atoms with Crippen molar-refractivity contribution in [2.24, 2.45) is 34.5 Å². The van der Waals surface area contributed by atoms with Crippen LogP contribution in [0, 0.1) is 34.5 Å². The van der Waals surface area contributed by atoms with Crippen molar-refractivity contribution in [2.45, 2.75) is 77.4 Å². The smallest absolute Gasteiger partial charge is 0.162 e. The van der Waals surface area contributed by atoms with Crippen LogP contribution in [0.15, 0.2) is 0 Å². The second-order valence-corrected chi connectivity index (χ2v) is 9.26. The third-order valence-electron chi connectivity index (χ3n) is 8.41. The number of carbonyl (C=O) groups is 1. The van der Waals surface area contributed by atoms with Gasteiger partial charge in [0.1, 0.15) is 5.78 Å². The van der Waals surface area contributed by atoms with E-state index in [2.05, 4.69) is 13.8 Å². The first-order valence-corrected chi connectivity index (χ1v) is 9.24. The summed E-state index contributed by atoms with van der Waals surface area (Å²) in [4.78, 5) is 12.4. The molecule has 0 bridgehead atoms. The van der Waals surface area contributed by atoms with E-state index < -0.39 is 5.79 Å². The molecule has 22 heavy (non-hydrogen) atoms. The second-order valence-electron chi connectivity index (χ2n) is 9.26. The highest BCUT2D eigenvalue weighted by molar-refractivity contribution is 5.87. The molecular formula is C19H30O3. The van der Waals surface area contributed by atoms with Gasteiger partial charge in [-0.25, -0.2) is 0 Å². The van der Waals surface area contributed by atoms with Crippen molar-refractivity contribution in [3.8, 4) is 0 Å². The fraction of sp³-hybridized carbons (Fsp3) is 0.947. The number of hydrogen-bond donors (Lipinski definition) is 2. The number of carbonyl (C=O) groups excluding carboxylic acids is 1. The van der Waals surface area contributed by atoms with Crippen LogP contribution in [0.5, 0.6) is 0 Å². The maximum Gasteiger partial charge on any atom is 0.162 e. The van der Waals surface area contributed by atoms with Crippen molar-refractivity contribution in [1.29, 1.82) is 0 Å². The molecule has 0 amide bonds. The molecule has 4 aliphatic carbocycles. The van der Waals surface area contributed by atoms with Crippen molar-refractivity contribution >= 4 is 5.78 Å². The van der Waals surface area contributed by atoms with Gasteiger partial charge >= 0.3 is 0 Å². The van der Waals surface area contributed by atoms with E-state index in [9.17, 15) is 15.0 Å². The van der Waals surface area contributed by atoms with Gasteiger partial charge < -0.3 is 10.2 Å². The van der Waals surface area contributed by atoms with Gasteiger partial charge in [0, 0.05) is 24.7 Å². The van der Waals surface area contributed by atoms with Gasteiger partial charge in [-0.05, 0) is 67.6 Å². The maximum absolute atomic E-state index is 12.4. The van der Waals surface area contributed by atoms with Crippen LogP contribution >= 0.6 is 0 Å². The molecule has 0 spiro atoms. The number of fused-ring (bicyclic) bond motifs is 5. The van der Waals surface area contributed by atoms with Crippen LogP contribution in [0.1, 0.15) is 71.6 Å². The summed E-state index contributed by atoms with van der Waals surface area (Å²) in [5.41, 5.74) is 0.210. The first-order chi connectivity index (χ1) is 10.3. The maximum atomic E-state index is 12.4. The van der Waals surface area contributed by atoms with E-state index in [0.29, 0.717) is 42.3 Å². The van der Waals surface area contributed by atoms with E-state index in [1.807, 2.05) is 0 Å². The highest BCUT2D eigenvalue weighted by Gasteiger charge is 2.61. The van der Waals surface area contributed by atoms with Crippen LogP contribution < -0.4 is 0 Å². The van der Waals surface area contributed by atoms with Crippen LogP contribution in [-0.4, -0.2) is 21.8 Å². The molecule has 4 fully saturated rings. The summed E-state index contributed by atoms with van der Waals surface area (Å²) >= 11 is 0. The van der Waals surface area contributed by atoms with Crippen molar-refractivity contribution in [3.63, 3.8) is 0 Å². The zero-order chi connectivity index (χ0) is 15.8. The third-order valence-corrected chi connectivity index (χ3v) is 8.41. The molecule has 0 aromatic carbocycles. The molecule has 4 aliphatic rings. The summed E-state index contributed by atoms with van der Waals surface area (Å²) < 4.78 is 0. The largest absolute Gasteiger partial charge is 0.366 e. The summed E-state index contributed by atoms with van der Waals surface area (Å²) in [7, 11) is 0. The fourth-order valence-electron chi connectivity index (χ4n) is 7.00. The Morgan fingerprint density at radius 2 is 1.73 bits per heavy atom. The quantitative estimate of drug-likeness (QED) is 0.675.